The Labute approximate surface area is 170 Å². The first-order valence-electron chi connectivity index (χ1n) is 10.3. The molecule has 1 saturated carbocycles. The Balaban J connectivity index is 1.60. The molecular weight excluding hydrogens is 360 g/mol. The highest BCUT2D eigenvalue weighted by Crippen LogP contribution is 2.34. The van der Waals surface area contributed by atoms with Crippen molar-refractivity contribution < 1.29 is 4.42 Å². The van der Waals surface area contributed by atoms with E-state index < -0.39 is 0 Å². The van der Waals surface area contributed by atoms with E-state index in [0.29, 0.717) is 17.8 Å². The van der Waals surface area contributed by atoms with Gasteiger partial charge in [0.2, 0.25) is 11.8 Å². The molecule has 0 atom stereocenters. The number of nitrogens with zero attached hydrogens (tertiary/aromatic N) is 4. The van der Waals surface area contributed by atoms with E-state index in [1.54, 1.807) is 6.92 Å². The summed E-state index contributed by atoms with van der Waals surface area (Å²) in [4.78, 5) is 4.98. The molecule has 0 aliphatic heterocycles. The van der Waals surface area contributed by atoms with E-state index >= 15 is 0 Å². The molecule has 2 aromatic carbocycles. The second-order valence-electron chi connectivity index (χ2n) is 7.71. The van der Waals surface area contributed by atoms with Crippen molar-refractivity contribution in [2.75, 3.05) is 0 Å². The van der Waals surface area contributed by atoms with Crippen LogP contribution in [0.15, 0.2) is 52.9 Å². The molecule has 0 spiro atoms. The third kappa shape index (κ3) is 3.60. The van der Waals surface area contributed by atoms with Crippen molar-refractivity contribution >= 4 is 23.2 Å². The van der Waals surface area contributed by atoms with Crippen molar-refractivity contribution in [1.82, 2.24) is 19.7 Å². The molecule has 29 heavy (non-hydrogen) atoms. The summed E-state index contributed by atoms with van der Waals surface area (Å²) in [5.41, 5.74) is 4.22. The van der Waals surface area contributed by atoms with Crippen LogP contribution < -0.4 is 0 Å². The van der Waals surface area contributed by atoms with E-state index in [9.17, 15) is 0 Å². The molecule has 0 amide bonds. The van der Waals surface area contributed by atoms with Crippen molar-refractivity contribution in [3.63, 3.8) is 0 Å². The maximum absolute atomic E-state index is 5.61. The van der Waals surface area contributed by atoms with Gasteiger partial charge in [0.15, 0.2) is 0 Å². The SMILES string of the molecule is Cc1nnc(-c2ccc3c(c2)nc(/C=C/c2ccccc2)n3C2CCCCC2)o1. The molecule has 0 unspecified atom stereocenters. The van der Waals surface area contributed by atoms with Gasteiger partial charge in [0.25, 0.3) is 0 Å². The van der Waals surface area contributed by atoms with Crippen LogP contribution in [0.25, 0.3) is 34.6 Å². The number of hydrogen-bond acceptors (Lipinski definition) is 4. The summed E-state index contributed by atoms with van der Waals surface area (Å²) in [7, 11) is 0. The zero-order valence-electron chi connectivity index (χ0n) is 16.6. The second kappa shape index (κ2) is 7.66. The molecule has 0 radical (unpaired) electrons. The average Bonchev–Trinajstić information content (AvgIpc) is 3.36. The Kier molecular flexibility index (Phi) is 4.72. The molecule has 5 heteroatoms. The molecule has 0 N–H and O–H groups in total. The summed E-state index contributed by atoms with van der Waals surface area (Å²) >= 11 is 0. The van der Waals surface area contributed by atoms with Crippen molar-refractivity contribution in [2.45, 2.75) is 45.1 Å². The molecule has 0 bridgehead atoms. The summed E-state index contributed by atoms with van der Waals surface area (Å²) < 4.78 is 8.03. The summed E-state index contributed by atoms with van der Waals surface area (Å²) in [6.07, 6.45) is 10.6. The predicted octanol–water partition coefficient (Wildman–Crippen LogP) is 6.07. The number of hydrogen-bond donors (Lipinski definition) is 0. The van der Waals surface area contributed by atoms with Gasteiger partial charge in [-0.25, -0.2) is 4.98 Å². The molecule has 146 valence electrons. The Bertz CT molecular complexity index is 1150. The highest BCUT2D eigenvalue weighted by Gasteiger charge is 2.21. The van der Waals surface area contributed by atoms with Crippen LogP contribution in [0.5, 0.6) is 0 Å². The molecule has 2 heterocycles. The number of fused-ring (bicyclic) bond motifs is 1. The first kappa shape index (κ1) is 17.9. The molecule has 1 aliphatic rings. The van der Waals surface area contributed by atoms with Crippen molar-refractivity contribution in [3.05, 3.63) is 65.8 Å². The third-order valence-electron chi connectivity index (χ3n) is 5.65. The van der Waals surface area contributed by atoms with Crippen LogP contribution in [0.2, 0.25) is 0 Å². The van der Waals surface area contributed by atoms with E-state index in [4.69, 9.17) is 9.40 Å². The smallest absolute Gasteiger partial charge is 0.247 e. The lowest BCUT2D eigenvalue weighted by molar-refractivity contribution is 0.358. The van der Waals surface area contributed by atoms with Gasteiger partial charge in [-0.3, -0.25) is 0 Å². The highest BCUT2D eigenvalue weighted by molar-refractivity contribution is 5.83. The van der Waals surface area contributed by atoms with Gasteiger partial charge >= 0.3 is 0 Å². The highest BCUT2D eigenvalue weighted by atomic mass is 16.4. The fraction of sp³-hybridized carbons (Fsp3) is 0.292. The van der Waals surface area contributed by atoms with Crippen LogP contribution in [0, 0.1) is 6.92 Å². The van der Waals surface area contributed by atoms with Gasteiger partial charge in [0.05, 0.1) is 11.0 Å². The zero-order valence-corrected chi connectivity index (χ0v) is 16.6. The lowest BCUT2D eigenvalue weighted by atomic mass is 9.95. The van der Waals surface area contributed by atoms with Gasteiger partial charge < -0.3 is 8.98 Å². The molecule has 5 rings (SSSR count). The molecule has 0 saturated heterocycles. The van der Waals surface area contributed by atoms with Gasteiger partial charge in [-0.15, -0.1) is 10.2 Å². The largest absolute Gasteiger partial charge is 0.421 e. The van der Waals surface area contributed by atoms with Gasteiger partial charge in [0.1, 0.15) is 5.82 Å². The van der Waals surface area contributed by atoms with E-state index in [-0.39, 0.29) is 0 Å². The molecule has 5 nitrogen and oxygen atoms in total. The Hall–Kier alpha value is -3.21. The van der Waals surface area contributed by atoms with Crippen LogP contribution >= 0.6 is 0 Å². The van der Waals surface area contributed by atoms with Crippen molar-refractivity contribution in [1.29, 1.82) is 0 Å². The minimum absolute atomic E-state index is 0.501. The zero-order chi connectivity index (χ0) is 19.6. The van der Waals surface area contributed by atoms with Crippen molar-refractivity contribution in [3.8, 4) is 11.5 Å². The third-order valence-corrected chi connectivity index (χ3v) is 5.65. The lowest BCUT2D eigenvalue weighted by Gasteiger charge is -2.25. The fourth-order valence-corrected chi connectivity index (χ4v) is 4.24. The summed E-state index contributed by atoms with van der Waals surface area (Å²) in [6.45, 7) is 1.80. The first-order valence-corrected chi connectivity index (χ1v) is 10.3. The number of rotatable bonds is 4. The number of benzene rings is 2. The van der Waals surface area contributed by atoms with E-state index in [1.165, 1.54) is 43.2 Å². The van der Waals surface area contributed by atoms with E-state index in [1.807, 2.05) is 6.07 Å². The number of aromatic nitrogens is 4. The van der Waals surface area contributed by atoms with Crippen LogP contribution in [0.3, 0.4) is 0 Å². The fourth-order valence-electron chi connectivity index (χ4n) is 4.24. The van der Waals surface area contributed by atoms with Crippen LogP contribution in [0.1, 0.15) is 55.4 Å². The summed E-state index contributed by atoms with van der Waals surface area (Å²) in [5, 5.41) is 8.10. The Morgan fingerprint density at radius 3 is 2.55 bits per heavy atom. The minimum atomic E-state index is 0.501. The van der Waals surface area contributed by atoms with Gasteiger partial charge in [-0.1, -0.05) is 55.7 Å². The standard InChI is InChI=1S/C24H24N4O/c1-17-26-27-24(29-17)19-13-14-22-21(16-19)25-23(15-12-18-8-4-2-5-9-18)28(22)20-10-6-3-7-11-20/h2,4-5,8-9,12-16,20H,3,6-7,10-11H2,1H3/b15-12+. The number of aryl methyl sites for hydroxylation is 1. The molecular formula is C24H24N4O. The Morgan fingerprint density at radius 1 is 0.966 bits per heavy atom. The van der Waals surface area contributed by atoms with Crippen molar-refractivity contribution in [2.24, 2.45) is 0 Å². The first-order chi connectivity index (χ1) is 14.3. The number of imidazole rings is 1. The molecule has 2 aromatic heterocycles. The van der Waals surface area contributed by atoms with Crippen LogP contribution in [-0.4, -0.2) is 19.7 Å². The molecule has 1 fully saturated rings. The second-order valence-corrected chi connectivity index (χ2v) is 7.71. The maximum atomic E-state index is 5.61. The van der Waals surface area contributed by atoms with Gasteiger partial charge in [-0.05, 0) is 42.7 Å². The van der Waals surface area contributed by atoms with E-state index in [2.05, 4.69) is 69.4 Å². The molecule has 1 aliphatic carbocycles. The van der Waals surface area contributed by atoms with E-state index in [0.717, 1.165) is 16.9 Å². The normalized spacial score (nSPS) is 15.5. The topological polar surface area (TPSA) is 56.7 Å². The summed E-state index contributed by atoms with van der Waals surface area (Å²) in [5.74, 6) is 2.12. The lowest BCUT2D eigenvalue weighted by Crippen LogP contribution is -2.14. The predicted molar refractivity (Wildman–Crippen MR) is 115 cm³/mol. The monoisotopic (exact) mass is 384 g/mol. The summed E-state index contributed by atoms with van der Waals surface area (Å²) in [6, 6.07) is 17.1. The minimum Gasteiger partial charge on any atom is -0.421 e. The van der Waals surface area contributed by atoms with Crippen LogP contribution in [-0.2, 0) is 0 Å². The quantitative estimate of drug-likeness (QED) is 0.428. The Morgan fingerprint density at radius 2 is 1.79 bits per heavy atom. The van der Waals surface area contributed by atoms with Crippen LogP contribution in [0.4, 0.5) is 0 Å². The average molecular weight is 384 g/mol. The molecule has 4 aromatic rings. The maximum Gasteiger partial charge on any atom is 0.247 e. The van der Waals surface area contributed by atoms with Gasteiger partial charge in [-0.2, -0.15) is 0 Å². The van der Waals surface area contributed by atoms with Gasteiger partial charge in [0, 0.05) is 18.5 Å².